The molecule has 0 aliphatic carbocycles. The van der Waals surface area contributed by atoms with Gasteiger partial charge in [-0.25, -0.2) is 4.99 Å². The molecule has 0 fully saturated rings. The van der Waals surface area contributed by atoms with Crippen LogP contribution >= 0.6 is 0 Å². The number of hydrogen-bond donors (Lipinski definition) is 3. The SMILES string of the molecule is NC(N)=NCC(C[C@H](N)C(=O)C(OC=O)c1ccccc1)Oc1cccnc1. The van der Waals surface area contributed by atoms with Crippen molar-refractivity contribution in [3.8, 4) is 5.75 Å². The number of ether oxygens (including phenoxy) is 2. The monoisotopic (exact) mass is 385 g/mol. The highest BCUT2D eigenvalue weighted by Gasteiger charge is 2.29. The zero-order valence-corrected chi connectivity index (χ0v) is 15.2. The van der Waals surface area contributed by atoms with Crippen LogP contribution in [0.2, 0.25) is 0 Å². The second-order valence-corrected chi connectivity index (χ2v) is 5.96. The summed E-state index contributed by atoms with van der Waals surface area (Å²) < 4.78 is 10.8. The summed E-state index contributed by atoms with van der Waals surface area (Å²) in [6.07, 6.45) is 1.55. The van der Waals surface area contributed by atoms with Gasteiger partial charge in [0, 0.05) is 18.2 Å². The van der Waals surface area contributed by atoms with E-state index in [1.165, 1.54) is 6.20 Å². The number of benzene rings is 1. The van der Waals surface area contributed by atoms with E-state index in [4.69, 9.17) is 26.7 Å². The zero-order valence-electron chi connectivity index (χ0n) is 15.2. The number of guanidine groups is 1. The number of nitrogens with zero attached hydrogens (tertiary/aromatic N) is 2. The van der Waals surface area contributed by atoms with E-state index in [-0.39, 0.29) is 25.4 Å². The predicted octanol–water partition coefficient (Wildman–Crippen LogP) is 0.303. The average Bonchev–Trinajstić information content (AvgIpc) is 2.71. The van der Waals surface area contributed by atoms with Crippen LogP contribution in [0.1, 0.15) is 18.1 Å². The lowest BCUT2D eigenvalue weighted by atomic mass is 9.97. The molecule has 2 aromatic rings. The molecule has 2 unspecified atom stereocenters. The van der Waals surface area contributed by atoms with E-state index in [2.05, 4.69) is 9.98 Å². The molecule has 3 atom stereocenters. The van der Waals surface area contributed by atoms with E-state index in [0.29, 0.717) is 11.3 Å². The highest BCUT2D eigenvalue weighted by molar-refractivity contribution is 5.89. The van der Waals surface area contributed by atoms with Gasteiger partial charge in [-0.05, 0) is 12.1 Å². The van der Waals surface area contributed by atoms with Gasteiger partial charge in [0.2, 0.25) is 0 Å². The Morgan fingerprint density at radius 1 is 1.18 bits per heavy atom. The highest BCUT2D eigenvalue weighted by atomic mass is 16.5. The summed E-state index contributed by atoms with van der Waals surface area (Å²) in [6.45, 7) is 0.327. The van der Waals surface area contributed by atoms with Crippen LogP contribution in [0.15, 0.2) is 59.9 Å². The van der Waals surface area contributed by atoms with Crippen LogP contribution in [0.5, 0.6) is 5.75 Å². The summed E-state index contributed by atoms with van der Waals surface area (Å²) in [5.41, 5.74) is 17.4. The van der Waals surface area contributed by atoms with Gasteiger partial charge in [-0.1, -0.05) is 30.3 Å². The summed E-state index contributed by atoms with van der Waals surface area (Å²) in [7, 11) is 0. The van der Waals surface area contributed by atoms with Crippen LogP contribution < -0.4 is 21.9 Å². The first kappa shape index (κ1) is 20.8. The molecule has 0 radical (unpaired) electrons. The summed E-state index contributed by atoms with van der Waals surface area (Å²) >= 11 is 0. The van der Waals surface area contributed by atoms with E-state index in [1.54, 1.807) is 48.7 Å². The van der Waals surface area contributed by atoms with Gasteiger partial charge in [0.25, 0.3) is 6.47 Å². The molecular formula is C19H23N5O4. The van der Waals surface area contributed by atoms with Crippen molar-refractivity contribution in [2.75, 3.05) is 6.54 Å². The van der Waals surface area contributed by atoms with Crippen LogP contribution in [0.25, 0.3) is 0 Å². The minimum absolute atomic E-state index is 0.0999. The fraction of sp³-hybridized carbons (Fsp3) is 0.263. The molecule has 0 amide bonds. The van der Waals surface area contributed by atoms with Gasteiger partial charge in [0.05, 0.1) is 18.8 Å². The van der Waals surface area contributed by atoms with Crippen LogP contribution in [0.3, 0.4) is 0 Å². The maximum atomic E-state index is 12.8. The number of pyridine rings is 1. The molecule has 28 heavy (non-hydrogen) atoms. The highest BCUT2D eigenvalue weighted by Crippen LogP contribution is 2.21. The van der Waals surface area contributed by atoms with Crippen molar-refractivity contribution in [1.82, 2.24) is 4.98 Å². The molecule has 0 saturated heterocycles. The molecule has 0 aliphatic rings. The van der Waals surface area contributed by atoms with Crippen molar-refractivity contribution in [3.63, 3.8) is 0 Å². The lowest BCUT2D eigenvalue weighted by Crippen LogP contribution is -2.41. The number of hydrogen-bond acceptors (Lipinski definition) is 7. The first-order valence-electron chi connectivity index (χ1n) is 8.56. The fourth-order valence-electron chi connectivity index (χ4n) is 2.56. The molecule has 9 heteroatoms. The molecule has 0 bridgehead atoms. The van der Waals surface area contributed by atoms with Gasteiger partial charge in [-0.2, -0.15) is 0 Å². The number of carbonyl (C=O) groups is 2. The van der Waals surface area contributed by atoms with Gasteiger partial charge in [-0.3, -0.25) is 14.6 Å². The lowest BCUT2D eigenvalue weighted by Gasteiger charge is -2.23. The van der Waals surface area contributed by atoms with Gasteiger partial charge >= 0.3 is 0 Å². The minimum Gasteiger partial charge on any atom is -0.487 e. The maximum Gasteiger partial charge on any atom is 0.294 e. The molecule has 6 N–H and O–H groups in total. The Kier molecular flexibility index (Phi) is 7.92. The van der Waals surface area contributed by atoms with Crippen LogP contribution in [-0.2, 0) is 14.3 Å². The standard InChI is InChI=1S/C19H23N5O4/c20-16(17(26)18(27-12-25)13-5-2-1-3-6-13)9-15(11-24-19(21)22)28-14-7-4-8-23-10-14/h1-8,10,12,15-16,18H,9,11,20H2,(H4,21,22,24)/t15?,16-,18?/m0/s1. The predicted molar refractivity (Wildman–Crippen MR) is 103 cm³/mol. The zero-order chi connectivity index (χ0) is 20.4. The second-order valence-electron chi connectivity index (χ2n) is 5.96. The molecule has 1 heterocycles. The van der Waals surface area contributed by atoms with E-state index < -0.39 is 24.0 Å². The molecule has 0 saturated carbocycles. The molecule has 2 rings (SSSR count). The Labute approximate surface area is 162 Å². The number of ketones is 1. The molecular weight excluding hydrogens is 362 g/mol. The number of rotatable bonds is 11. The molecule has 1 aromatic heterocycles. The Hall–Kier alpha value is -3.46. The normalized spacial score (nSPS) is 13.6. The number of aliphatic imine (C=N–C) groups is 1. The third-order valence-electron chi connectivity index (χ3n) is 3.85. The Morgan fingerprint density at radius 3 is 2.54 bits per heavy atom. The summed E-state index contributed by atoms with van der Waals surface area (Å²) in [5.74, 6) is -0.0735. The summed E-state index contributed by atoms with van der Waals surface area (Å²) in [4.78, 5) is 31.6. The smallest absolute Gasteiger partial charge is 0.294 e. The third kappa shape index (κ3) is 6.36. The van der Waals surface area contributed by atoms with Gasteiger partial charge in [0.1, 0.15) is 11.9 Å². The van der Waals surface area contributed by atoms with Crippen LogP contribution in [-0.4, -0.2) is 41.9 Å². The average molecular weight is 385 g/mol. The van der Waals surface area contributed by atoms with Crippen molar-refractivity contribution in [1.29, 1.82) is 0 Å². The van der Waals surface area contributed by atoms with Crippen molar-refractivity contribution < 1.29 is 19.1 Å². The number of nitrogens with two attached hydrogens (primary N) is 3. The van der Waals surface area contributed by atoms with E-state index >= 15 is 0 Å². The molecule has 0 aliphatic heterocycles. The van der Waals surface area contributed by atoms with Crippen molar-refractivity contribution in [3.05, 3.63) is 60.4 Å². The molecule has 1 aromatic carbocycles. The topological polar surface area (TPSA) is 156 Å². The minimum atomic E-state index is -1.10. The lowest BCUT2D eigenvalue weighted by molar-refractivity contribution is -0.145. The molecule has 9 nitrogen and oxygen atoms in total. The van der Waals surface area contributed by atoms with Crippen molar-refractivity contribution >= 4 is 18.2 Å². The van der Waals surface area contributed by atoms with Gasteiger partial charge in [-0.15, -0.1) is 0 Å². The molecule has 148 valence electrons. The Morgan fingerprint density at radius 2 is 1.93 bits per heavy atom. The van der Waals surface area contributed by atoms with Gasteiger partial charge in [0.15, 0.2) is 17.8 Å². The number of aromatic nitrogens is 1. The first-order valence-corrected chi connectivity index (χ1v) is 8.56. The van der Waals surface area contributed by atoms with E-state index in [9.17, 15) is 9.59 Å². The second kappa shape index (κ2) is 10.6. The van der Waals surface area contributed by atoms with Crippen LogP contribution in [0.4, 0.5) is 0 Å². The van der Waals surface area contributed by atoms with E-state index in [1.807, 2.05) is 0 Å². The summed E-state index contributed by atoms with van der Waals surface area (Å²) in [6, 6.07) is 11.1. The fourth-order valence-corrected chi connectivity index (χ4v) is 2.56. The number of carbonyl (C=O) groups excluding carboxylic acids is 2. The first-order chi connectivity index (χ1) is 13.5. The Balaban J connectivity index is 2.13. The maximum absolute atomic E-state index is 12.8. The molecule has 0 spiro atoms. The largest absolute Gasteiger partial charge is 0.487 e. The third-order valence-corrected chi connectivity index (χ3v) is 3.85. The summed E-state index contributed by atoms with van der Waals surface area (Å²) in [5, 5.41) is 0. The van der Waals surface area contributed by atoms with Crippen molar-refractivity contribution in [2.24, 2.45) is 22.2 Å². The van der Waals surface area contributed by atoms with E-state index in [0.717, 1.165) is 0 Å². The van der Waals surface area contributed by atoms with Gasteiger partial charge < -0.3 is 26.7 Å². The van der Waals surface area contributed by atoms with Crippen molar-refractivity contribution in [2.45, 2.75) is 24.7 Å². The Bertz CT molecular complexity index is 781. The quantitative estimate of drug-likeness (QED) is 0.283. The number of Topliss-reactive ketones (excluding diaryl/α,β-unsaturated/α-hetero) is 1. The van der Waals surface area contributed by atoms with Crippen LogP contribution in [0, 0.1) is 0 Å².